The van der Waals surface area contributed by atoms with Crippen molar-refractivity contribution in [3.05, 3.63) is 61.8 Å². The summed E-state index contributed by atoms with van der Waals surface area (Å²) in [5.74, 6) is 0.575. The molecule has 25 heavy (non-hydrogen) atoms. The molecule has 0 aliphatic heterocycles. The SMILES string of the molecule is Cc1cc(C)cc(Cn2c(NCCCN(C)C)cc(=O)n(C)c2=O)c1. The summed E-state index contributed by atoms with van der Waals surface area (Å²) in [4.78, 5) is 26.7. The number of benzene rings is 1. The van der Waals surface area contributed by atoms with Crippen molar-refractivity contribution in [1.82, 2.24) is 14.0 Å². The van der Waals surface area contributed by atoms with Gasteiger partial charge in [0.25, 0.3) is 5.56 Å². The molecule has 0 saturated heterocycles. The summed E-state index contributed by atoms with van der Waals surface area (Å²) in [5, 5.41) is 3.25. The minimum absolute atomic E-state index is 0.295. The van der Waals surface area contributed by atoms with Gasteiger partial charge in [-0.1, -0.05) is 29.3 Å². The number of nitrogens with zero attached hydrogens (tertiary/aromatic N) is 3. The predicted molar refractivity (Wildman–Crippen MR) is 103 cm³/mol. The average molecular weight is 344 g/mol. The monoisotopic (exact) mass is 344 g/mol. The normalized spacial score (nSPS) is 11.1. The summed E-state index contributed by atoms with van der Waals surface area (Å²) in [7, 11) is 5.56. The minimum atomic E-state index is -0.304. The lowest BCUT2D eigenvalue weighted by atomic mass is 10.1. The van der Waals surface area contributed by atoms with E-state index < -0.39 is 0 Å². The molecule has 1 aromatic heterocycles. The molecule has 0 radical (unpaired) electrons. The van der Waals surface area contributed by atoms with E-state index in [-0.39, 0.29) is 11.2 Å². The molecule has 0 amide bonds. The number of rotatable bonds is 7. The van der Waals surface area contributed by atoms with Gasteiger partial charge in [-0.15, -0.1) is 0 Å². The van der Waals surface area contributed by atoms with Gasteiger partial charge < -0.3 is 10.2 Å². The highest BCUT2D eigenvalue weighted by atomic mass is 16.2. The zero-order chi connectivity index (χ0) is 18.6. The molecule has 0 unspecified atom stereocenters. The molecule has 0 spiro atoms. The fourth-order valence-electron chi connectivity index (χ4n) is 2.92. The molecule has 2 rings (SSSR count). The Labute approximate surface area is 148 Å². The van der Waals surface area contributed by atoms with E-state index in [1.807, 2.05) is 27.9 Å². The second kappa shape index (κ2) is 8.16. The third-order valence-corrected chi connectivity index (χ3v) is 4.11. The molecule has 6 heteroatoms. The lowest BCUT2D eigenvalue weighted by Gasteiger charge is -2.17. The van der Waals surface area contributed by atoms with Crippen molar-refractivity contribution in [1.29, 1.82) is 0 Å². The smallest absolute Gasteiger partial charge is 0.332 e. The van der Waals surface area contributed by atoms with Gasteiger partial charge >= 0.3 is 5.69 Å². The fraction of sp³-hybridized carbons (Fsp3) is 0.474. The minimum Gasteiger partial charge on any atom is -0.371 e. The summed E-state index contributed by atoms with van der Waals surface area (Å²) in [6, 6.07) is 7.74. The van der Waals surface area contributed by atoms with Crippen molar-refractivity contribution >= 4 is 5.82 Å². The zero-order valence-electron chi connectivity index (χ0n) is 15.8. The van der Waals surface area contributed by atoms with Crippen molar-refractivity contribution in [3.8, 4) is 0 Å². The van der Waals surface area contributed by atoms with E-state index in [1.54, 1.807) is 4.57 Å². The van der Waals surface area contributed by atoms with E-state index in [0.29, 0.717) is 18.9 Å². The molecule has 0 bridgehead atoms. The first kappa shape index (κ1) is 19.0. The molecule has 6 nitrogen and oxygen atoms in total. The van der Waals surface area contributed by atoms with E-state index in [1.165, 1.54) is 13.1 Å². The van der Waals surface area contributed by atoms with Crippen molar-refractivity contribution in [2.24, 2.45) is 7.05 Å². The van der Waals surface area contributed by atoms with Gasteiger partial charge in [-0.25, -0.2) is 4.79 Å². The first-order chi connectivity index (χ1) is 11.8. The van der Waals surface area contributed by atoms with Crippen LogP contribution in [0.15, 0.2) is 33.9 Å². The number of anilines is 1. The maximum atomic E-state index is 12.6. The summed E-state index contributed by atoms with van der Waals surface area (Å²) in [5.41, 5.74) is 2.77. The summed E-state index contributed by atoms with van der Waals surface area (Å²) < 4.78 is 2.78. The van der Waals surface area contributed by atoms with Gasteiger partial charge in [-0.2, -0.15) is 0 Å². The molecule has 1 N–H and O–H groups in total. The number of hydrogen-bond donors (Lipinski definition) is 1. The number of aromatic nitrogens is 2. The molecule has 0 atom stereocenters. The van der Waals surface area contributed by atoms with Crippen LogP contribution in [0.1, 0.15) is 23.1 Å². The van der Waals surface area contributed by atoms with Gasteiger partial charge in [0.05, 0.1) is 6.54 Å². The van der Waals surface area contributed by atoms with Crippen molar-refractivity contribution in [2.75, 3.05) is 32.5 Å². The summed E-state index contributed by atoms with van der Waals surface area (Å²) >= 11 is 0. The fourth-order valence-corrected chi connectivity index (χ4v) is 2.92. The molecular weight excluding hydrogens is 316 g/mol. The van der Waals surface area contributed by atoms with Crippen LogP contribution in [0.3, 0.4) is 0 Å². The van der Waals surface area contributed by atoms with Crippen molar-refractivity contribution in [3.63, 3.8) is 0 Å². The first-order valence-corrected chi connectivity index (χ1v) is 8.54. The number of aryl methyl sites for hydroxylation is 2. The Morgan fingerprint density at radius 3 is 2.28 bits per heavy atom. The summed E-state index contributed by atoms with van der Waals surface area (Å²) in [6.07, 6.45) is 0.931. The molecule has 0 saturated carbocycles. The van der Waals surface area contributed by atoms with E-state index in [0.717, 1.165) is 34.2 Å². The van der Waals surface area contributed by atoms with E-state index in [4.69, 9.17) is 0 Å². The van der Waals surface area contributed by atoms with E-state index in [9.17, 15) is 9.59 Å². The Balaban J connectivity index is 2.32. The first-order valence-electron chi connectivity index (χ1n) is 8.54. The number of hydrogen-bond acceptors (Lipinski definition) is 4. The molecule has 1 heterocycles. The highest BCUT2D eigenvalue weighted by Gasteiger charge is 2.10. The van der Waals surface area contributed by atoms with Crippen LogP contribution in [0.2, 0.25) is 0 Å². The highest BCUT2D eigenvalue weighted by molar-refractivity contribution is 5.36. The third kappa shape index (κ3) is 5.06. The van der Waals surface area contributed by atoms with Crippen LogP contribution in [0.25, 0.3) is 0 Å². The van der Waals surface area contributed by atoms with Crippen LogP contribution in [0, 0.1) is 13.8 Å². The lowest BCUT2D eigenvalue weighted by Crippen LogP contribution is -2.39. The summed E-state index contributed by atoms with van der Waals surface area (Å²) in [6.45, 7) is 6.17. The Hall–Kier alpha value is -2.34. The molecule has 0 aliphatic carbocycles. The van der Waals surface area contributed by atoms with Gasteiger partial charge in [0, 0.05) is 19.7 Å². The topological polar surface area (TPSA) is 59.3 Å². The van der Waals surface area contributed by atoms with Gasteiger partial charge in [-0.3, -0.25) is 13.9 Å². The van der Waals surface area contributed by atoms with Gasteiger partial charge in [0.1, 0.15) is 5.82 Å². The maximum Gasteiger partial charge on any atom is 0.332 e. The van der Waals surface area contributed by atoms with Crippen LogP contribution in [-0.4, -0.2) is 41.2 Å². The Morgan fingerprint density at radius 2 is 1.68 bits per heavy atom. The van der Waals surface area contributed by atoms with Crippen LogP contribution in [0.5, 0.6) is 0 Å². The molecule has 1 aromatic carbocycles. The van der Waals surface area contributed by atoms with Crippen molar-refractivity contribution < 1.29 is 0 Å². The standard InChI is InChI=1S/C19H28N4O2/c1-14-9-15(2)11-16(10-14)13-23-17(20-7-6-8-21(3)4)12-18(24)22(5)19(23)25/h9-12,20H,6-8,13H2,1-5H3. The Bertz CT molecular complexity index is 829. The van der Waals surface area contributed by atoms with Crippen LogP contribution >= 0.6 is 0 Å². The zero-order valence-corrected chi connectivity index (χ0v) is 15.8. The van der Waals surface area contributed by atoms with Crippen LogP contribution in [-0.2, 0) is 13.6 Å². The van der Waals surface area contributed by atoms with Gasteiger partial charge in [0.15, 0.2) is 0 Å². The lowest BCUT2D eigenvalue weighted by molar-refractivity contribution is 0.405. The largest absolute Gasteiger partial charge is 0.371 e. The highest BCUT2D eigenvalue weighted by Crippen LogP contribution is 2.12. The second-order valence-electron chi connectivity index (χ2n) is 6.88. The predicted octanol–water partition coefficient (Wildman–Crippen LogP) is 1.58. The third-order valence-electron chi connectivity index (χ3n) is 4.11. The van der Waals surface area contributed by atoms with Crippen molar-refractivity contribution in [2.45, 2.75) is 26.8 Å². The maximum absolute atomic E-state index is 12.6. The molecular formula is C19H28N4O2. The number of nitrogens with one attached hydrogen (secondary N) is 1. The van der Waals surface area contributed by atoms with Gasteiger partial charge in [-0.05, 0) is 46.5 Å². The quantitative estimate of drug-likeness (QED) is 0.775. The average Bonchev–Trinajstić information content (AvgIpc) is 2.51. The molecule has 0 fully saturated rings. The Morgan fingerprint density at radius 1 is 1.04 bits per heavy atom. The van der Waals surface area contributed by atoms with E-state index >= 15 is 0 Å². The second-order valence-corrected chi connectivity index (χ2v) is 6.88. The van der Waals surface area contributed by atoms with Crippen LogP contribution in [0.4, 0.5) is 5.82 Å². The van der Waals surface area contributed by atoms with E-state index in [2.05, 4.69) is 28.4 Å². The van der Waals surface area contributed by atoms with Crippen LogP contribution < -0.4 is 16.6 Å². The molecule has 2 aromatic rings. The molecule has 136 valence electrons. The Kier molecular flexibility index (Phi) is 6.20. The molecule has 0 aliphatic rings. The van der Waals surface area contributed by atoms with Gasteiger partial charge in [0.2, 0.25) is 0 Å².